The lowest BCUT2D eigenvalue weighted by Gasteiger charge is -2.21. The van der Waals surface area contributed by atoms with Crippen molar-refractivity contribution in [1.82, 2.24) is 0 Å². The molecule has 2 aromatic carbocycles. The molecule has 0 radical (unpaired) electrons. The number of aliphatic hydroxyl groups excluding tert-OH is 1. The fourth-order valence-electron chi connectivity index (χ4n) is 2.68. The molecule has 1 saturated carbocycles. The summed E-state index contributed by atoms with van der Waals surface area (Å²) in [5, 5.41) is 12.6. The fraction of sp³-hybridized carbons (Fsp3) is 0.375. The van der Waals surface area contributed by atoms with Crippen LogP contribution in [0.2, 0.25) is 0 Å². The summed E-state index contributed by atoms with van der Waals surface area (Å²) in [5.74, 6) is 0.403. The van der Waals surface area contributed by atoms with Crippen LogP contribution >= 0.6 is 12.4 Å². The summed E-state index contributed by atoms with van der Waals surface area (Å²) in [6.07, 6.45) is 1.81. The molecule has 1 fully saturated rings. The molecule has 0 amide bonds. The van der Waals surface area contributed by atoms with E-state index < -0.39 is 6.10 Å². The van der Waals surface area contributed by atoms with Gasteiger partial charge < -0.3 is 10.8 Å². The first kappa shape index (κ1) is 14.3. The van der Waals surface area contributed by atoms with Gasteiger partial charge in [0, 0.05) is 0 Å². The highest BCUT2D eigenvalue weighted by atomic mass is 35.5. The van der Waals surface area contributed by atoms with Crippen LogP contribution in [0.15, 0.2) is 36.4 Å². The van der Waals surface area contributed by atoms with Gasteiger partial charge in [-0.15, -0.1) is 12.4 Å². The second-order valence-corrected chi connectivity index (χ2v) is 5.37. The smallest absolute Gasteiger partial charge is 0.0761 e. The van der Waals surface area contributed by atoms with Crippen molar-refractivity contribution in [2.45, 2.75) is 31.9 Å². The summed E-state index contributed by atoms with van der Waals surface area (Å²) >= 11 is 0. The van der Waals surface area contributed by atoms with E-state index in [1.165, 1.54) is 16.3 Å². The molecule has 0 bridgehead atoms. The number of aryl methyl sites for hydroxylation is 1. The van der Waals surface area contributed by atoms with Crippen molar-refractivity contribution >= 4 is 23.2 Å². The number of rotatable bonds is 3. The van der Waals surface area contributed by atoms with Crippen LogP contribution in [0.4, 0.5) is 0 Å². The molecular formula is C16H20ClNO. The van der Waals surface area contributed by atoms with Crippen LogP contribution in [0, 0.1) is 12.8 Å². The van der Waals surface area contributed by atoms with Crippen molar-refractivity contribution in [3.63, 3.8) is 0 Å². The van der Waals surface area contributed by atoms with Gasteiger partial charge in [0.05, 0.1) is 12.1 Å². The summed E-state index contributed by atoms with van der Waals surface area (Å²) < 4.78 is 0. The summed E-state index contributed by atoms with van der Waals surface area (Å²) in [4.78, 5) is 0. The maximum absolute atomic E-state index is 10.2. The van der Waals surface area contributed by atoms with Gasteiger partial charge in [-0.2, -0.15) is 0 Å². The Morgan fingerprint density at radius 3 is 2.37 bits per heavy atom. The van der Waals surface area contributed by atoms with Gasteiger partial charge in [0.2, 0.25) is 0 Å². The summed E-state index contributed by atoms with van der Waals surface area (Å²) in [7, 11) is 0. The molecular weight excluding hydrogens is 258 g/mol. The Bertz CT molecular complexity index is 580. The van der Waals surface area contributed by atoms with Gasteiger partial charge in [0.25, 0.3) is 0 Å². The zero-order valence-electron chi connectivity index (χ0n) is 11.0. The maximum atomic E-state index is 10.2. The first-order valence-electron chi connectivity index (χ1n) is 6.60. The molecule has 19 heavy (non-hydrogen) atoms. The minimum Gasteiger partial charge on any atom is -0.391 e. The van der Waals surface area contributed by atoms with E-state index >= 15 is 0 Å². The Morgan fingerprint density at radius 1 is 1.11 bits per heavy atom. The average Bonchev–Trinajstić information content (AvgIpc) is 3.22. The van der Waals surface area contributed by atoms with Gasteiger partial charge in [0.15, 0.2) is 0 Å². The van der Waals surface area contributed by atoms with Crippen molar-refractivity contribution in [3.05, 3.63) is 47.5 Å². The Hall–Kier alpha value is -1.09. The molecule has 2 aromatic rings. The van der Waals surface area contributed by atoms with E-state index in [1.807, 2.05) is 12.1 Å². The van der Waals surface area contributed by atoms with E-state index in [-0.39, 0.29) is 18.4 Å². The first-order valence-corrected chi connectivity index (χ1v) is 6.60. The number of hydrogen-bond donors (Lipinski definition) is 2. The van der Waals surface area contributed by atoms with Crippen LogP contribution in [-0.2, 0) is 0 Å². The van der Waals surface area contributed by atoms with Crippen molar-refractivity contribution in [2.75, 3.05) is 0 Å². The zero-order valence-corrected chi connectivity index (χ0v) is 11.9. The Labute approximate surface area is 120 Å². The molecule has 1 aliphatic carbocycles. The number of aliphatic hydroxyl groups is 1. The zero-order chi connectivity index (χ0) is 12.7. The predicted molar refractivity (Wildman–Crippen MR) is 81.6 cm³/mol. The Morgan fingerprint density at radius 2 is 1.74 bits per heavy atom. The maximum Gasteiger partial charge on any atom is 0.0761 e. The highest BCUT2D eigenvalue weighted by Gasteiger charge is 2.34. The lowest BCUT2D eigenvalue weighted by atomic mass is 9.92. The lowest BCUT2D eigenvalue weighted by Crippen LogP contribution is -2.28. The lowest BCUT2D eigenvalue weighted by molar-refractivity contribution is 0.123. The fourth-order valence-corrected chi connectivity index (χ4v) is 2.68. The van der Waals surface area contributed by atoms with E-state index in [9.17, 15) is 5.11 Å². The molecule has 0 heterocycles. The van der Waals surface area contributed by atoms with Crippen LogP contribution in [0.1, 0.15) is 30.0 Å². The third-order valence-corrected chi connectivity index (χ3v) is 4.01. The van der Waals surface area contributed by atoms with Crippen LogP contribution in [0.5, 0.6) is 0 Å². The van der Waals surface area contributed by atoms with E-state index in [0.29, 0.717) is 5.92 Å². The number of halogens is 1. The number of benzene rings is 2. The summed E-state index contributed by atoms with van der Waals surface area (Å²) in [6.45, 7) is 2.11. The van der Waals surface area contributed by atoms with Gasteiger partial charge in [-0.3, -0.25) is 0 Å². The molecule has 0 spiro atoms. The molecule has 0 aromatic heterocycles. The largest absolute Gasteiger partial charge is 0.391 e. The first-order chi connectivity index (χ1) is 8.68. The normalized spacial score (nSPS) is 17.8. The number of hydrogen-bond acceptors (Lipinski definition) is 2. The van der Waals surface area contributed by atoms with E-state index in [2.05, 4.69) is 31.2 Å². The molecule has 3 N–H and O–H groups in total. The molecule has 3 rings (SSSR count). The van der Waals surface area contributed by atoms with E-state index in [0.717, 1.165) is 18.4 Å². The molecule has 1 aliphatic rings. The van der Waals surface area contributed by atoms with Gasteiger partial charge in [-0.1, -0.05) is 36.4 Å². The molecule has 2 atom stereocenters. The Balaban J connectivity index is 0.00000133. The molecule has 0 saturated heterocycles. The molecule has 2 nitrogen and oxygen atoms in total. The van der Waals surface area contributed by atoms with Crippen LogP contribution in [-0.4, -0.2) is 11.2 Å². The summed E-state index contributed by atoms with van der Waals surface area (Å²) in [5.41, 5.74) is 8.56. The molecule has 0 aliphatic heterocycles. The topological polar surface area (TPSA) is 46.2 Å². The quantitative estimate of drug-likeness (QED) is 0.904. The molecule has 102 valence electrons. The molecule has 3 heteroatoms. The van der Waals surface area contributed by atoms with Crippen molar-refractivity contribution in [2.24, 2.45) is 11.7 Å². The predicted octanol–water partition coefficient (Wildman–Crippen LogP) is 3.34. The van der Waals surface area contributed by atoms with Crippen molar-refractivity contribution < 1.29 is 5.11 Å². The van der Waals surface area contributed by atoms with Crippen molar-refractivity contribution in [3.8, 4) is 0 Å². The second-order valence-electron chi connectivity index (χ2n) is 5.37. The van der Waals surface area contributed by atoms with Crippen LogP contribution in [0.25, 0.3) is 10.8 Å². The van der Waals surface area contributed by atoms with Gasteiger partial charge >= 0.3 is 0 Å². The Kier molecular flexibility index (Phi) is 4.14. The minimum absolute atomic E-state index is 0. The third-order valence-electron chi connectivity index (χ3n) is 4.01. The third kappa shape index (κ3) is 2.62. The average molecular weight is 278 g/mol. The van der Waals surface area contributed by atoms with Gasteiger partial charge in [0.1, 0.15) is 0 Å². The monoisotopic (exact) mass is 277 g/mol. The minimum atomic E-state index is -0.406. The number of fused-ring (bicyclic) bond motifs is 1. The van der Waals surface area contributed by atoms with Crippen molar-refractivity contribution in [1.29, 1.82) is 0 Å². The number of nitrogens with two attached hydrogens (primary N) is 1. The standard InChI is InChI=1S/C16H19NO.ClH/c1-10-6-9-14(13-5-3-2-4-12(10)13)15(17)16(18)11-7-8-11;/h2-6,9,11,15-16,18H,7-8,17H2,1H3;1H/t15-,16+;/m1./s1. The SMILES string of the molecule is Cc1ccc([C@@H](N)[C@@H](O)C2CC2)c2ccccc12.Cl. The van der Waals surface area contributed by atoms with E-state index in [4.69, 9.17) is 5.73 Å². The second kappa shape index (κ2) is 5.49. The van der Waals surface area contributed by atoms with Gasteiger partial charge in [-0.05, 0) is 47.6 Å². The van der Waals surface area contributed by atoms with Crippen LogP contribution < -0.4 is 5.73 Å². The van der Waals surface area contributed by atoms with Gasteiger partial charge in [-0.25, -0.2) is 0 Å². The van der Waals surface area contributed by atoms with E-state index in [1.54, 1.807) is 0 Å². The highest BCUT2D eigenvalue weighted by molar-refractivity contribution is 5.89. The molecule has 0 unspecified atom stereocenters. The van der Waals surface area contributed by atoms with Crippen LogP contribution in [0.3, 0.4) is 0 Å². The highest BCUT2D eigenvalue weighted by Crippen LogP contribution is 2.38. The summed E-state index contributed by atoms with van der Waals surface area (Å²) in [6, 6.07) is 12.2.